The molecule has 1 atom stereocenters. The molecule has 4 nitrogen and oxygen atoms in total. The summed E-state index contributed by atoms with van der Waals surface area (Å²) in [6.07, 6.45) is 2.07. The molecular weight excluding hydrogens is 340 g/mol. The van der Waals surface area contributed by atoms with Gasteiger partial charge in [-0.05, 0) is 41.1 Å². The monoisotopic (exact) mass is 351 g/mol. The number of carbonyl (C=O) groups is 1. The van der Waals surface area contributed by atoms with Crippen LogP contribution in [0.15, 0.2) is 12.3 Å². The largest absolute Gasteiger partial charge is 0.330 e. The molecule has 1 unspecified atom stereocenters. The van der Waals surface area contributed by atoms with E-state index in [1.54, 1.807) is 17.2 Å². The summed E-state index contributed by atoms with van der Waals surface area (Å²) < 4.78 is 0.885. The van der Waals surface area contributed by atoms with E-state index >= 15 is 0 Å². The third kappa shape index (κ3) is 2.31. The summed E-state index contributed by atoms with van der Waals surface area (Å²) in [5, 5.41) is 0.579. The van der Waals surface area contributed by atoms with Crippen LogP contribution in [0.3, 0.4) is 0 Å². The van der Waals surface area contributed by atoms with E-state index in [0.717, 1.165) is 3.57 Å². The summed E-state index contributed by atoms with van der Waals surface area (Å²) in [7, 11) is 0. The number of hydrogen-bond donors (Lipinski definition) is 1. The fourth-order valence-corrected chi connectivity index (χ4v) is 2.86. The molecule has 1 aliphatic heterocycles. The Bertz CT molecular complexity index is 427. The molecule has 1 fully saturated rings. The summed E-state index contributed by atoms with van der Waals surface area (Å²) in [5.74, 6) is 1.01. The van der Waals surface area contributed by atoms with Gasteiger partial charge in [0.25, 0.3) is 0 Å². The Morgan fingerprint density at radius 3 is 3.00 bits per heavy atom. The Morgan fingerprint density at radius 2 is 2.44 bits per heavy atom. The number of hydrogen-bond acceptors (Lipinski definition) is 3. The molecule has 0 spiro atoms. The van der Waals surface area contributed by atoms with Crippen LogP contribution < -0.4 is 10.6 Å². The lowest BCUT2D eigenvalue weighted by Gasteiger charge is -2.16. The highest BCUT2D eigenvalue weighted by molar-refractivity contribution is 14.1. The number of amides is 1. The Balaban J connectivity index is 2.28. The van der Waals surface area contributed by atoms with Crippen LogP contribution in [0.2, 0.25) is 5.02 Å². The highest BCUT2D eigenvalue weighted by Crippen LogP contribution is 2.28. The molecule has 1 aromatic heterocycles. The maximum absolute atomic E-state index is 11.8. The highest BCUT2D eigenvalue weighted by Gasteiger charge is 2.31. The van der Waals surface area contributed by atoms with Crippen molar-refractivity contribution >= 4 is 45.9 Å². The average Bonchev–Trinajstić information content (AvgIpc) is 2.60. The van der Waals surface area contributed by atoms with Crippen molar-refractivity contribution in [1.82, 2.24) is 4.98 Å². The first-order valence-electron chi connectivity index (χ1n) is 4.93. The summed E-state index contributed by atoms with van der Waals surface area (Å²) in [6, 6.07) is 1.80. The van der Waals surface area contributed by atoms with Gasteiger partial charge in [0.05, 0.1) is 8.59 Å². The normalized spacial score (nSPS) is 20.6. The van der Waals surface area contributed by atoms with Crippen LogP contribution in [0.1, 0.15) is 6.42 Å². The molecule has 0 saturated carbocycles. The standard InChI is InChI=1S/C10H11ClIN3O/c11-7-2-8(12)10(14-4-7)15-5-6(3-13)1-9(15)16/h2,4,6H,1,3,5,13H2. The van der Waals surface area contributed by atoms with Gasteiger partial charge in [0.15, 0.2) is 0 Å². The van der Waals surface area contributed by atoms with Crippen molar-refractivity contribution in [2.24, 2.45) is 11.7 Å². The number of pyridine rings is 1. The van der Waals surface area contributed by atoms with Crippen LogP contribution in [-0.2, 0) is 4.79 Å². The number of nitrogens with zero attached hydrogens (tertiary/aromatic N) is 2. The van der Waals surface area contributed by atoms with E-state index in [-0.39, 0.29) is 11.8 Å². The lowest BCUT2D eigenvalue weighted by molar-refractivity contribution is -0.117. The number of nitrogens with two attached hydrogens (primary N) is 1. The topological polar surface area (TPSA) is 59.2 Å². The molecule has 1 aliphatic rings. The van der Waals surface area contributed by atoms with Gasteiger partial charge >= 0.3 is 0 Å². The van der Waals surface area contributed by atoms with Crippen molar-refractivity contribution < 1.29 is 4.79 Å². The van der Waals surface area contributed by atoms with Gasteiger partial charge in [-0.25, -0.2) is 4.98 Å². The number of rotatable bonds is 2. The first-order valence-corrected chi connectivity index (χ1v) is 6.39. The minimum Gasteiger partial charge on any atom is -0.330 e. The van der Waals surface area contributed by atoms with Crippen molar-refractivity contribution in [3.8, 4) is 0 Å². The lowest BCUT2D eigenvalue weighted by atomic mass is 10.1. The fraction of sp³-hybridized carbons (Fsp3) is 0.400. The molecule has 0 aliphatic carbocycles. The quantitative estimate of drug-likeness (QED) is 0.824. The zero-order chi connectivity index (χ0) is 11.7. The summed E-state index contributed by atoms with van der Waals surface area (Å²) in [5.41, 5.74) is 5.58. The smallest absolute Gasteiger partial charge is 0.228 e. The maximum atomic E-state index is 11.8. The van der Waals surface area contributed by atoms with E-state index in [1.165, 1.54) is 0 Å². The Morgan fingerprint density at radius 1 is 1.69 bits per heavy atom. The third-order valence-electron chi connectivity index (χ3n) is 2.58. The third-order valence-corrected chi connectivity index (χ3v) is 3.58. The number of carbonyl (C=O) groups excluding carboxylic acids is 1. The molecule has 2 rings (SSSR count). The van der Waals surface area contributed by atoms with Crippen molar-refractivity contribution in [3.05, 3.63) is 20.9 Å². The Labute approximate surface area is 112 Å². The zero-order valence-electron chi connectivity index (χ0n) is 8.49. The van der Waals surface area contributed by atoms with Crippen molar-refractivity contribution in [2.75, 3.05) is 18.0 Å². The van der Waals surface area contributed by atoms with Crippen LogP contribution in [0, 0.1) is 9.49 Å². The van der Waals surface area contributed by atoms with E-state index in [1.807, 2.05) is 0 Å². The van der Waals surface area contributed by atoms with E-state index in [2.05, 4.69) is 27.6 Å². The molecule has 2 N–H and O–H groups in total. The van der Waals surface area contributed by atoms with Gasteiger partial charge < -0.3 is 5.73 Å². The van der Waals surface area contributed by atoms with Gasteiger partial charge in [0.2, 0.25) is 5.91 Å². The molecule has 1 aromatic rings. The maximum Gasteiger partial charge on any atom is 0.228 e. The number of aromatic nitrogens is 1. The molecular formula is C10H11ClIN3O. The predicted molar refractivity (Wildman–Crippen MR) is 71.5 cm³/mol. The number of halogens is 2. The van der Waals surface area contributed by atoms with Gasteiger partial charge in [0.1, 0.15) is 5.82 Å². The fourth-order valence-electron chi connectivity index (χ4n) is 1.75. The molecule has 1 amide bonds. The molecule has 86 valence electrons. The zero-order valence-corrected chi connectivity index (χ0v) is 11.4. The van der Waals surface area contributed by atoms with Gasteiger partial charge in [-0.2, -0.15) is 0 Å². The van der Waals surface area contributed by atoms with Gasteiger partial charge in [0, 0.05) is 19.2 Å². The second kappa shape index (κ2) is 4.85. The van der Waals surface area contributed by atoms with E-state index in [4.69, 9.17) is 17.3 Å². The second-order valence-electron chi connectivity index (χ2n) is 3.77. The minimum atomic E-state index is 0.0863. The summed E-state index contributed by atoms with van der Waals surface area (Å²) in [4.78, 5) is 17.7. The van der Waals surface area contributed by atoms with Crippen LogP contribution in [0.25, 0.3) is 0 Å². The molecule has 16 heavy (non-hydrogen) atoms. The van der Waals surface area contributed by atoms with E-state index < -0.39 is 0 Å². The summed E-state index contributed by atoms with van der Waals surface area (Å²) in [6.45, 7) is 1.19. The molecule has 6 heteroatoms. The summed E-state index contributed by atoms with van der Waals surface area (Å²) >= 11 is 7.96. The van der Waals surface area contributed by atoms with Crippen LogP contribution in [0.5, 0.6) is 0 Å². The van der Waals surface area contributed by atoms with E-state index in [0.29, 0.717) is 30.4 Å². The first kappa shape index (κ1) is 12.1. The predicted octanol–water partition coefficient (Wildman–Crippen LogP) is 1.65. The van der Waals surface area contributed by atoms with Gasteiger partial charge in [-0.1, -0.05) is 11.6 Å². The molecule has 0 bridgehead atoms. The Hall–Kier alpha value is -0.400. The minimum absolute atomic E-state index is 0.0863. The highest BCUT2D eigenvalue weighted by atomic mass is 127. The SMILES string of the molecule is NCC1CC(=O)N(c2ncc(Cl)cc2I)C1. The first-order chi connectivity index (χ1) is 7.61. The van der Waals surface area contributed by atoms with Crippen molar-refractivity contribution in [1.29, 1.82) is 0 Å². The number of anilines is 1. The molecule has 0 radical (unpaired) electrons. The van der Waals surface area contributed by atoms with Crippen LogP contribution in [0.4, 0.5) is 5.82 Å². The van der Waals surface area contributed by atoms with Gasteiger partial charge in [-0.15, -0.1) is 0 Å². The van der Waals surface area contributed by atoms with E-state index in [9.17, 15) is 4.79 Å². The molecule has 2 heterocycles. The second-order valence-corrected chi connectivity index (χ2v) is 5.37. The van der Waals surface area contributed by atoms with Crippen LogP contribution in [-0.4, -0.2) is 24.0 Å². The van der Waals surface area contributed by atoms with Crippen LogP contribution >= 0.6 is 34.2 Å². The van der Waals surface area contributed by atoms with Gasteiger partial charge in [-0.3, -0.25) is 9.69 Å². The lowest BCUT2D eigenvalue weighted by Crippen LogP contribution is -2.27. The van der Waals surface area contributed by atoms with Crippen molar-refractivity contribution in [3.63, 3.8) is 0 Å². The Kier molecular flexibility index (Phi) is 3.66. The molecule has 1 saturated heterocycles. The van der Waals surface area contributed by atoms with Crippen molar-refractivity contribution in [2.45, 2.75) is 6.42 Å². The average molecular weight is 352 g/mol. The molecule has 0 aromatic carbocycles.